The Labute approximate surface area is 112 Å². The number of rotatable bonds is 4. The summed E-state index contributed by atoms with van der Waals surface area (Å²) in [6.07, 6.45) is 2.18. The molecule has 5 heteroatoms. The molecule has 1 heterocycles. The van der Waals surface area contributed by atoms with Crippen LogP contribution in [0, 0.1) is 0 Å². The van der Waals surface area contributed by atoms with Crippen LogP contribution in [0.5, 0.6) is 5.75 Å². The molecule has 1 aromatic rings. The molecule has 3 nitrogen and oxygen atoms in total. The van der Waals surface area contributed by atoms with Gasteiger partial charge in [0.2, 0.25) is 0 Å². The highest BCUT2D eigenvalue weighted by molar-refractivity contribution is 5.47. The van der Waals surface area contributed by atoms with Crippen LogP contribution in [0.4, 0.5) is 14.5 Å². The molecule has 0 spiro atoms. The predicted octanol–water partition coefficient (Wildman–Crippen LogP) is 3.18. The van der Waals surface area contributed by atoms with Gasteiger partial charge in [0.25, 0.3) is 0 Å². The lowest BCUT2D eigenvalue weighted by Crippen LogP contribution is -2.42. The Morgan fingerprint density at radius 3 is 2.58 bits per heavy atom. The first-order valence-corrected chi connectivity index (χ1v) is 6.56. The van der Waals surface area contributed by atoms with Crippen LogP contribution in [0.3, 0.4) is 0 Å². The topological polar surface area (TPSA) is 24.5 Å². The number of benzene rings is 1. The summed E-state index contributed by atoms with van der Waals surface area (Å²) in [5.41, 5.74) is 0.948. The Morgan fingerprint density at radius 1 is 1.32 bits per heavy atom. The number of hydrogen-bond acceptors (Lipinski definition) is 3. The summed E-state index contributed by atoms with van der Waals surface area (Å²) < 4.78 is 28.4. The number of nitrogens with one attached hydrogen (secondary N) is 1. The summed E-state index contributed by atoms with van der Waals surface area (Å²) in [6, 6.07) is 7.68. The largest absolute Gasteiger partial charge is 0.435 e. The van der Waals surface area contributed by atoms with Gasteiger partial charge in [-0.05, 0) is 51.1 Å². The molecule has 0 aromatic heterocycles. The van der Waals surface area contributed by atoms with E-state index in [2.05, 4.69) is 28.9 Å². The summed E-state index contributed by atoms with van der Waals surface area (Å²) in [7, 11) is 2.14. The quantitative estimate of drug-likeness (QED) is 0.909. The summed E-state index contributed by atoms with van der Waals surface area (Å²) in [5, 5.41) is 3.44. The Balaban J connectivity index is 1.89. The Bertz CT molecular complexity index is 397. The van der Waals surface area contributed by atoms with E-state index in [1.165, 1.54) is 0 Å². The van der Waals surface area contributed by atoms with Crippen molar-refractivity contribution in [1.29, 1.82) is 0 Å². The van der Waals surface area contributed by atoms with Crippen LogP contribution in [-0.2, 0) is 0 Å². The van der Waals surface area contributed by atoms with Crippen molar-refractivity contribution in [3.05, 3.63) is 24.3 Å². The number of halogens is 2. The van der Waals surface area contributed by atoms with Gasteiger partial charge < -0.3 is 15.0 Å². The van der Waals surface area contributed by atoms with Crippen LogP contribution in [0.2, 0.25) is 0 Å². The Hall–Kier alpha value is -1.36. The van der Waals surface area contributed by atoms with E-state index in [-0.39, 0.29) is 5.75 Å². The molecular weight excluding hydrogens is 250 g/mol. The lowest BCUT2D eigenvalue weighted by Gasteiger charge is -2.35. The minimum Gasteiger partial charge on any atom is -0.435 e. The molecule has 1 N–H and O–H groups in total. The van der Waals surface area contributed by atoms with Crippen molar-refractivity contribution in [3.8, 4) is 5.75 Å². The number of hydrogen-bond donors (Lipinski definition) is 1. The van der Waals surface area contributed by atoms with Crippen molar-refractivity contribution in [3.63, 3.8) is 0 Å². The third-order valence-electron chi connectivity index (χ3n) is 3.66. The third kappa shape index (κ3) is 4.06. The molecule has 1 aliphatic heterocycles. The van der Waals surface area contributed by atoms with Crippen LogP contribution in [0.25, 0.3) is 0 Å². The van der Waals surface area contributed by atoms with Crippen LogP contribution >= 0.6 is 0 Å². The van der Waals surface area contributed by atoms with E-state index in [1.54, 1.807) is 24.3 Å². The van der Waals surface area contributed by atoms with Crippen molar-refractivity contribution < 1.29 is 13.5 Å². The molecule has 106 valence electrons. The van der Waals surface area contributed by atoms with Crippen LogP contribution in [0.15, 0.2) is 24.3 Å². The lowest BCUT2D eigenvalue weighted by atomic mass is 9.99. The zero-order valence-corrected chi connectivity index (χ0v) is 11.3. The van der Waals surface area contributed by atoms with Crippen LogP contribution < -0.4 is 10.1 Å². The fourth-order valence-electron chi connectivity index (χ4n) is 2.39. The van der Waals surface area contributed by atoms with Gasteiger partial charge in [-0.15, -0.1) is 0 Å². The maximum atomic E-state index is 12.0. The van der Waals surface area contributed by atoms with Crippen molar-refractivity contribution in [2.45, 2.75) is 38.5 Å². The van der Waals surface area contributed by atoms with Gasteiger partial charge in [-0.25, -0.2) is 0 Å². The summed E-state index contributed by atoms with van der Waals surface area (Å²) >= 11 is 0. The van der Waals surface area contributed by atoms with Gasteiger partial charge in [-0.3, -0.25) is 0 Å². The average Bonchev–Trinajstić information content (AvgIpc) is 2.36. The first kappa shape index (κ1) is 14.1. The first-order chi connectivity index (χ1) is 9.04. The summed E-state index contributed by atoms with van der Waals surface area (Å²) in [4.78, 5) is 2.34. The second-order valence-electron chi connectivity index (χ2n) is 5.10. The predicted molar refractivity (Wildman–Crippen MR) is 71.8 cm³/mol. The van der Waals surface area contributed by atoms with E-state index in [0.717, 1.165) is 25.1 Å². The standard InChI is InChI=1S/C14H20F2N2O/c1-10-9-12(7-8-18(10)2)17-11-3-5-13(6-4-11)19-14(15)16/h3-6,10,12,14,17H,7-9H2,1-2H3. The maximum Gasteiger partial charge on any atom is 0.387 e. The maximum absolute atomic E-state index is 12.0. The van der Waals surface area contributed by atoms with E-state index in [9.17, 15) is 8.78 Å². The molecular formula is C14H20F2N2O. The van der Waals surface area contributed by atoms with Crippen molar-refractivity contribution in [2.75, 3.05) is 18.9 Å². The van der Waals surface area contributed by atoms with Crippen molar-refractivity contribution >= 4 is 5.69 Å². The van der Waals surface area contributed by atoms with Gasteiger partial charge >= 0.3 is 6.61 Å². The molecule has 0 aliphatic carbocycles. The van der Waals surface area contributed by atoms with E-state index in [1.807, 2.05) is 0 Å². The number of ether oxygens (including phenoxy) is 1. The van der Waals surface area contributed by atoms with Gasteiger partial charge in [-0.2, -0.15) is 8.78 Å². The van der Waals surface area contributed by atoms with Gasteiger partial charge in [0, 0.05) is 24.3 Å². The fourth-order valence-corrected chi connectivity index (χ4v) is 2.39. The molecule has 0 saturated carbocycles. The summed E-state index contributed by atoms with van der Waals surface area (Å²) in [5.74, 6) is 0.192. The zero-order chi connectivity index (χ0) is 13.8. The molecule has 1 aliphatic rings. The second-order valence-corrected chi connectivity index (χ2v) is 5.10. The summed E-state index contributed by atoms with van der Waals surface area (Å²) in [6.45, 7) is 0.521. The van der Waals surface area contributed by atoms with Gasteiger partial charge in [0.05, 0.1) is 0 Å². The molecule has 0 radical (unpaired) electrons. The highest BCUT2D eigenvalue weighted by Crippen LogP contribution is 2.22. The molecule has 0 amide bonds. The minimum atomic E-state index is -2.77. The molecule has 0 bridgehead atoms. The van der Waals surface area contributed by atoms with Gasteiger partial charge in [0.1, 0.15) is 5.75 Å². The van der Waals surface area contributed by atoms with Crippen LogP contribution in [-0.4, -0.2) is 37.2 Å². The fraction of sp³-hybridized carbons (Fsp3) is 0.571. The molecule has 2 rings (SSSR count). The minimum absolute atomic E-state index is 0.192. The van der Waals surface area contributed by atoms with Crippen molar-refractivity contribution in [1.82, 2.24) is 4.90 Å². The number of likely N-dealkylation sites (tertiary alicyclic amines) is 1. The monoisotopic (exact) mass is 270 g/mol. The van der Waals surface area contributed by atoms with E-state index < -0.39 is 6.61 Å². The van der Waals surface area contributed by atoms with Gasteiger partial charge in [-0.1, -0.05) is 0 Å². The second kappa shape index (κ2) is 6.19. The third-order valence-corrected chi connectivity index (χ3v) is 3.66. The van der Waals surface area contributed by atoms with E-state index in [0.29, 0.717) is 12.1 Å². The number of alkyl halides is 2. The molecule has 1 fully saturated rings. The smallest absolute Gasteiger partial charge is 0.387 e. The van der Waals surface area contributed by atoms with E-state index >= 15 is 0 Å². The average molecular weight is 270 g/mol. The number of anilines is 1. The van der Waals surface area contributed by atoms with Crippen LogP contribution in [0.1, 0.15) is 19.8 Å². The molecule has 2 atom stereocenters. The Morgan fingerprint density at radius 2 is 2.00 bits per heavy atom. The number of nitrogens with zero attached hydrogens (tertiary/aromatic N) is 1. The highest BCUT2D eigenvalue weighted by atomic mass is 19.3. The molecule has 1 saturated heterocycles. The molecule has 19 heavy (non-hydrogen) atoms. The first-order valence-electron chi connectivity index (χ1n) is 6.56. The normalized spacial score (nSPS) is 24.5. The molecule has 2 unspecified atom stereocenters. The van der Waals surface area contributed by atoms with Gasteiger partial charge in [0.15, 0.2) is 0 Å². The Kier molecular flexibility index (Phi) is 4.58. The zero-order valence-electron chi connectivity index (χ0n) is 11.3. The van der Waals surface area contributed by atoms with Crippen molar-refractivity contribution in [2.24, 2.45) is 0 Å². The lowest BCUT2D eigenvalue weighted by molar-refractivity contribution is -0.0498. The SMILES string of the molecule is CC1CC(Nc2ccc(OC(F)F)cc2)CCN1C. The van der Waals surface area contributed by atoms with E-state index in [4.69, 9.17) is 0 Å². The number of piperidine rings is 1. The highest BCUT2D eigenvalue weighted by Gasteiger charge is 2.22. The molecule has 1 aromatic carbocycles.